The molecule has 0 aromatic carbocycles. The van der Waals surface area contributed by atoms with Gasteiger partial charge in [0.25, 0.3) is 0 Å². The second kappa shape index (κ2) is 3.90. The lowest BCUT2D eigenvalue weighted by Crippen LogP contribution is -2.07. The number of rotatable bonds is 3. The van der Waals surface area contributed by atoms with Gasteiger partial charge in [-0.15, -0.1) is 0 Å². The Bertz CT molecular complexity index is 50.3. The molecule has 0 unspecified atom stereocenters. The number of hydrogen-bond donors (Lipinski definition) is 1. The molecule has 1 atom stereocenters. The summed E-state index contributed by atoms with van der Waals surface area (Å²) in [5.41, 5.74) is 0. The van der Waals surface area contributed by atoms with Gasteiger partial charge in [-0.2, -0.15) is 0 Å². The first-order chi connectivity index (χ1) is 3.66. The number of hydrogen-bond acceptors (Lipinski definition) is 1. The summed E-state index contributed by atoms with van der Waals surface area (Å²) in [5.74, 6) is 0.630. The van der Waals surface area contributed by atoms with Crippen LogP contribution in [0.2, 0.25) is 0 Å². The minimum Gasteiger partial charge on any atom is -0.393 e. The molecule has 0 spiro atoms. The van der Waals surface area contributed by atoms with Crippen molar-refractivity contribution in [2.75, 3.05) is 0 Å². The maximum atomic E-state index is 9.03. The average molecular weight is 116 g/mol. The fraction of sp³-hybridized carbons (Fsp3) is 1.00. The Kier molecular flexibility index (Phi) is 3.88. The van der Waals surface area contributed by atoms with Crippen molar-refractivity contribution in [3.63, 3.8) is 0 Å². The summed E-state index contributed by atoms with van der Waals surface area (Å²) in [4.78, 5) is 0. The van der Waals surface area contributed by atoms with Crippen LogP contribution in [-0.2, 0) is 0 Å². The average Bonchev–Trinajstić information content (AvgIpc) is 1.65. The van der Waals surface area contributed by atoms with Crippen molar-refractivity contribution >= 4 is 0 Å². The topological polar surface area (TPSA) is 20.2 Å². The quantitative estimate of drug-likeness (QED) is 0.596. The Morgan fingerprint density at radius 1 is 1.38 bits per heavy atom. The summed E-state index contributed by atoms with van der Waals surface area (Å²) in [6, 6.07) is 0. The Morgan fingerprint density at radius 2 is 1.88 bits per heavy atom. The zero-order chi connectivity index (χ0) is 6.57. The van der Waals surface area contributed by atoms with Gasteiger partial charge in [0.15, 0.2) is 0 Å². The molecule has 0 fully saturated rings. The molecule has 0 saturated carbocycles. The molecule has 1 heteroatoms. The first kappa shape index (κ1) is 7.96. The highest BCUT2D eigenvalue weighted by Crippen LogP contribution is 2.05. The molecule has 50 valence electrons. The van der Waals surface area contributed by atoms with E-state index in [1.807, 2.05) is 6.92 Å². The highest BCUT2D eigenvalue weighted by molar-refractivity contribution is 4.54. The SMILES string of the molecule is CC[C@H](O)CC(C)C. The van der Waals surface area contributed by atoms with Crippen LogP contribution in [0, 0.1) is 5.92 Å². The summed E-state index contributed by atoms with van der Waals surface area (Å²) in [5, 5.41) is 9.03. The van der Waals surface area contributed by atoms with E-state index < -0.39 is 0 Å². The van der Waals surface area contributed by atoms with Gasteiger partial charge < -0.3 is 5.11 Å². The van der Waals surface area contributed by atoms with E-state index >= 15 is 0 Å². The van der Waals surface area contributed by atoms with Crippen molar-refractivity contribution < 1.29 is 5.11 Å². The third-order valence-electron chi connectivity index (χ3n) is 1.21. The Labute approximate surface area is 51.7 Å². The van der Waals surface area contributed by atoms with Crippen molar-refractivity contribution in [2.45, 2.75) is 39.7 Å². The lowest BCUT2D eigenvalue weighted by Gasteiger charge is -2.08. The van der Waals surface area contributed by atoms with Gasteiger partial charge in [-0.1, -0.05) is 20.8 Å². The predicted octanol–water partition coefficient (Wildman–Crippen LogP) is 1.80. The van der Waals surface area contributed by atoms with E-state index in [-0.39, 0.29) is 6.10 Å². The van der Waals surface area contributed by atoms with Gasteiger partial charge in [0, 0.05) is 0 Å². The van der Waals surface area contributed by atoms with Crippen LogP contribution in [0.4, 0.5) is 0 Å². The molecule has 0 amide bonds. The van der Waals surface area contributed by atoms with Crippen LogP contribution in [0.5, 0.6) is 0 Å². The molecule has 0 aromatic rings. The third-order valence-corrected chi connectivity index (χ3v) is 1.21. The lowest BCUT2D eigenvalue weighted by molar-refractivity contribution is 0.145. The Hall–Kier alpha value is -0.0400. The fourth-order valence-corrected chi connectivity index (χ4v) is 0.711. The van der Waals surface area contributed by atoms with Gasteiger partial charge in [0.05, 0.1) is 6.10 Å². The first-order valence-corrected chi connectivity index (χ1v) is 3.34. The maximum absolute atomic E-state index is 9.03. The van der Waals surface area contributed by atoms with E-state index in [1.165, 1.54) is 0 Å². The van der Waals surface area contributed by atoms with Gasteiger partial charge in [-0.3, -0.25) is 0 Å². The van der Waals surface area contributed by atoms with E-state index in [0.29, 0.717) is 5.92 Å². The summed E-state index contributed by atoms with van der Waals surface area (Å²) in [7, 11) is 0. The highest BCUT2D eigenvalue weighted by Gasteiger charge is 2.01. The molecule has 0 saturated heterocycles. The van der Waals surface area contributed by atoms with E-state index in [0.717, 1.165) is 12.8 Å². The van der Waals surface area contributed by atoms with Crippen LogP contribution < -0.4 is 0 Å². The second-order valence-electron chi connectivity index (χ2n) is 2.69. The predicted molar refractivity (Wildman–Crippen MR) is 35.8 cm³/mol. The van der Waals surface area contributed by atoms with Crippen LogP contribution >= 0.6 is 0 Å². The zero-order valence-corrected chi connectivity index (χ0v) is 6.02. The van der Waals surface area contributed by atoms with Gasteiger partial charge in [-0.05, 0) is 18.8 Å². The minimum atomic E-state index is -0.0741. The summed E-state index contributed by atoms with van der Waals surface area (Å²) >= 11 is 0. The van der Waals surface area contributed by atoms with Crippen LogP contribution in [-0.4, -0.2) is 11.2 Å². The molecule has 1 nitrogen and oxygen atoms in total. The van der Waals surface area contributed by atoms with Crippen LogP contribution in [0.1, 0.15) is 33.6 Å². The third kappa shape index (κ3) is 4.13. The molecule has 0 bridgehead atoms. The summed E-state index contributed by atoms with van der Waals surface area (Å²) in [6.45, 7) is 6.25. The largest absolute Gasteiger partial charge is 0.393 e. The van der Waals surface area contributed by atoms with Crippen LogP contribution in [0.3, 0.4) is 0 Å². The maximum Gasteiger partial charge on any atom is 0.0540 e. The van der Waals surface area contributed by atoms with Crippen molar-refractivity contribution in [2.24, 2.45) is 5.92 Å². The second-order valence-corrected chi connectivity index (χ2v) is 2.69. The zero-order valence-electron chi connectivity index (χ0n) is 6.02. The number of aliphatic hydroxyl groups is 1. The molecule has 1 N–H and O–H groups in total. The molecular formula is C7H16O. The molecule has 8 heavy (non-hydrogen) atoms. The fourth-order valence-electron chi connectivity index (χ4n) is 0.711. The number of aliphatic hydroxyl groups excluding tert-OH is 1. The monoisotopic (exact) mass is 116 g/mol. The molecular weight excluding hydrogens is 100 g/mol. The molecule has 0 rings (SSSR count). The molecule has 0 aliphatic rings. The van der Waals surface area contributed by atoms with Gasteiger partial charge in [0.2, 0.25) is 0 Å². The van der Waals surface area contributed by atoms with Crippen molar-refractivity contribution in [1.82, 2.24) is 0 Å². The van der Waals surface area contributed by atoms with Gasteiger partial charge in [-0.25, -0.2) is 0 Å². The van der Waals surface area contributed by atoms with Crippen LogP contribution in [0.15, 0.2) is 0 Å². The molecule has 0 radical (unpaired) electrons. The Morgan fingerprint density at radius 3 is 2.00 bits per heavy atom. The standard InChI is InChI=1S/C7H16O/c1-4-7(8)5-6(2)3/h6-8H,4-5H2,1-3H3/t7-/m0/s1. The lowest BCUT2D eigenvalue weighted by atomic mass is 10.0. The molecule has 0 aromatic heterocycles. The van der Waals surface area contributed by atoms with Crippen molar-refractivity contribution in [3.8, 4) is 0 Å². The van der Waals surface area contributed by atoms with E-state index in [9.17, 15) is 0 Å². The summed E-state index contributed by atoms with van der Waals surface area (Å²) in [6.07, 6.45) is 1.75. The van der Waals surface area contributed by atoms with Crippen molar-refractivity contribution in [1.29, 1.82) is 0 Å². The van der Waals surface area contributed by atoms with Crippen molar-refractivity contribution in [3.05, 3.63) is 0 Å². The van der Waals surface area contributed by atoms with E-state index in [2.05, 4.69) is 13.8 Å². The van der Waals surface area contributed by atoms with E-state index in [4.69, 9.17) is 5.11 Å². The Balaban J connectivity index is 3.10. The first-order valence-electron chi connectivity index (χ1n) is 3.34. The van der Waals surface area contributed by atoms with Gasteiger partial charge >= 0.3 is 0 Å². The molecule has 0 aliphatic carbocycles. The normalized spacial score (nSPS) is 14.6. The van der Waals surface area contributed by atoms with E-state index in [1.54, 1.807) is 0 Å². The highest BCUT2D eigenvalue weighted by atomic mass is 16.3. The van der Waals surface area contributed by atoms with Crippen LogP contribution in [0.25, 0.3) is 0 Å². The molecule has 0 heterocycles. The smallest absolute Gasteiger partial charge is 0.0540 e. The minimum absolute atomic E-state index is 0.0741. The summed E-state index contributed by atoms with van der Waals surface area (Å²) < 4.78 is 0. The van der Waals surface area contributed by atoms with Gasteiger partial charge in [0.1, 0.15) is 0 Å². The molecule has 0 aliphatic heterocycles.